The van der Waals surface area contributed by atoms with Crippen LogP contribution in [0.15, 0.2) is 53.5 Å². The number of unbranched alkanes of at least 4 members (excludes halogenated alkanes) is 1. The van der Waals surface area contributed by atoms with E-state index in [0.29, 0.717) is 18.9 Å². The monoisotopic (exact) mass is 365 g/mol. The molecular formula is C23H27NO3. The molecule has 1 heterocycles. The Bertz CT molecular complexity index is 812. The first-order valence-electron chi connectivity index (χ1n) is 9.43. The van der Waals surface area contributed by atoms with Gasteiger partial charge in [-0.1, -0.05) is 30.3 Å². The molecule has 0 bridgehead atoms. The van der Waals surface area contributed by atoms with Gasteiger partial charge in [0.1, 0.15) is 18.6 Å². The lowest BCUT2D eigenvalue weighted by atomic mass is 9.84. The van der Waals surface area contributed by atoms with Crippen molar-refractivity contribution in [2.75, 3.05) is 13.7 Å². The fourth-order valence-corrected chi connectivity index (χ4v) is 3.47. The molecule has 0 N–H and O–H groups in total. The lowest BCUT2D eigenvalue weighted by Gasteiger charge is -2.21. The van der Waals surface area contributed by atoms with Crippen molar-refractivity contribution in [3.05, 3.63) is 65.2 Å². The maximum atomic E-state index is 10.8. The Balaban J connectivity index is 2.08. The van der Waals surface area contributed by atoms with Crippen LogP contribution in [0.25, 0.3) is 0 Å². The van der Waals surface area contributed by atoms with Crippen molar-refractivity contribution in [2.45, 2.75) is 44.6 Å². The summed E-state index contributed by atoms with van der Waals surface area (Å²) in [5.74, 6) is 1.64. The third-order valence-corrected chi connectivity index (χ3v) is 4.85. The van der Waals surface area contributed by atoms with Crippen LogP contribution in [0.4, 0.5) is 0 Å². The number of carbonyl (C=O) groups excluding carboxylic acids is 1. The molecule has 1 aliphatic heterocycles. The van der Waals surface area contributed by atoms with Crippen LogP contribution in [0.3, 0.4) is 0 Å². The lowest BCUT2D eigenvalue weighted by Crippen LogP contribution is -2.17. The molecule has 0 spiro atoms. The van der Waals surface area contributed by atoms with E-state index >= 15 is 0 Å². The van der Waals surface area contributed by atoms with E-state index in [1.807, 2.05) is 18.2 Å². The largest absolute Gasteiger partial charge is 0.497 e. The molecule has 2 aromatic carbocycles. The molecule has 0 aromatic heterocycles. The third kappa shape index (κ3) is 4.57. The Hall–Kier alpha value is -2.62. The molecule has 0 radical (unpaired) electrons. The Kier molecular flexibility index (Phi) is 5.94. The van der Waals surface area contributed by atoms with Gasteiger partial charge in [-0.05, 0) is 56.0 Å². The van der Waals surface area contributed by atoms with E-state index in [1.165, 1.54) is 5.56 Å². The number of hydrogen-bond acceptors (Lipinski definition) is 4. The van der Waals surface area contributed by atoms with E-state index < -0.39 is 0 Å². The summed E-state index contributed by atoms with van der Waals surface area (Å²) in [5, 5.41) is 0. The summed E-state index contributed by atoms with van der Waals surface area (Å²) in [4.78, 5) is 15.6. The molecular weight excluding hydrogens is 338 g/mol. The number of methoxy groups -OCH3 is 1. The van der Waals surface area contributed by atoms with Gasteiger partial charge in [-0.2, -0.15) is 0 Å². The summed E-state index contributed by atoms with van der Waals surface area (Å²) >= 11 is 0. The van der Waals surface area contributed by atoms with Crippen LogP contribution in [0.1, 0.15) is 55.7 Å². The summed E-state index contributed by atoms with van der Waals surface area (Å²) in [5.41, 5.74) is 3.13. The molecule has 4 nitrogen and oxygen atoms in total. The first kappa shape index (κ1) is 19.2. The van der Waals surface area contributed by atoms with Gasteiger partial charge in [0.25, 0.3) is 0 Å². The van der Waals surface area contributed by atoms with Gasteiger partial charge in [-0.25, -0.2) is 4.99 Å². The molecule has 0 fully saturated rings. The van der Waals surface area contributed by atoms with Crippen molar-refractivity contribution in [3.63, 3.8) is 0 Å². The summed E-state index contributed by atoms with van der Waals surface area (Å²) in [6, 6.07) is 16.4. The van der Waals surface area contributed by atoms with Gasteiger partial charge < -0.3 is 14.3 Å². The first-order valence-corrected chi connectivity index (χ1v) is 9.43. The van der Waals surface area contributed by atoms with Gasteiger partial charge in [0.05, 0.1) is 12.6 Å². The van der Waals surface area contributed by atoms with Crippen molar-refractivity contribution >= 4 is 12.2 Å². The van der Waals surface area contributed by atoms with Crippen LogP contribution < -0.4 is 4.74 Å². The Morgan fingerprint density at radius 2 is 2.00 bits per heavy atom. The average molecular weight is 365 g/mol. The quantitative estimate of drug-likeness (QED) is 0.501. The number of ether oxygens (including phenoxy) is 2. The summed E-state index contributed by atoms with van der Waals surface area (Å²) in [6.45, 7) is 4.72. The molecule has 1 aliphatic rings. The predicted molar refractivity (Wildman–Crippen MR) is 108 cm³/mol. The number of rotatable bonds is 8. The molecule has 142 valence electrons. The van der Waals surface area contributed by atoms with Gasteiger partial charge >= 0.3 is 0 Å². The fraction of sp³-hybridized carbons (Fsp3) is 0.391. The molecule has 0 aliphatic carbocycles. The molecule has 0 amide bonds. The van der Waals surface area contributed by atoms with E-state index in [2.05, 4.69) is 44.2 Å². The van der Waals surface area contributed by atoms with Gasteiger partial charge in [0, 0.05) is 17.9 Å². The van der Waals surface area contributed by atoms with E-state index in [9.17, 15) is 4.79 Å². The highest BCUT2D eigenvalue weighted by Crippen LogP contribution is 2.36. The molecule has 0 saturated heterocycles. The number of hydrogen-bond donors (Lipinski definition) is 0. The zero-order valence-electron chi connectivity index (χ0n) is 16.3. The molecule has 3 rings (SSSR count). The highest BCUT2D eigenvalue weighted by atomic mass is 16.5. The minimum Gasteiger partial charge on any atom is -0.497 e. The molecule has 27 heavy (non-hydrogen) atoms. The first-order chi connectivity index (χ1) is 13.0. The van der Waals surface area contributed by atoms with E-state index in [4.69, 9.17) is 14.5 Å². The molecule has 0 saturated carbocycles. The normalized spacial score (nSPS) is 16.3. The van der Waals surface area contributed by atoms with Crippen molar-refractivity contribution in [1.82, 2.24) is 0 Å². The maximum Gasteiger partial charge on any atom is 0.217 e. The van der Waals surface area contributed by atoms with Crippen LogP contribution >= 0.6 is 0 Å². The van der Waals surface area contributed by atoms with Gasteiger partial charge in [-0.3, -0.25) is 0 Å². The predicted octanol–water partition coefficient (Wildman–Crippen LogP) is 4.75. The Morgan fingerprint density at radius 3 is 2.63 bits per heavy atom. The van der Waals surface area contributed by atoms with Crippen molar-refractivity contribution in [2.24, 2.45) is 4.99 Å². The Labute approximate surface area is 161 Å². The third-order valence-electron chi connectivity index (χ3n) is 4.85. The van der Waals surface area contributed by atoms with Gasteiger partial charge in [-0.15, -0.1) is 0 Å². The van der Waals surface area contributed by atoms with E-state index in [-0.39, 0.29) is 11.5 Å². The zero-order valence-corrected chi connectivity index (χ0v) is 16.3. The number of carbonyl (C=O) groups is 1. The molecule has 2 aromatic rings. The number of benzene rings is 2. The second kappa shape index (κ2) is 8.38. The SMILES string of the molecule is COc1ccc(C2=NC(C)(C)CO2)c(C(CCCC=O)c2ccccc2)c1. The number of nitrogens with zero attached hydrogens (tertiary/aromatic N) is 1. The molecule has 1 atom stereocenters. The van der Waals surface area contributed by atoms with Crippen molar-refractivity contribution in [1.29, 1.82) is 0 Å². The zero-order chi connectivity index (χ0) is 19.3. The number of aldehydes is 1. The summed E-state index contributed by atoms with van der Waals surface area (Å²) in [7, 11) is 1.68. The van der Waals surface area contributed by atoms with E-state index in [1.54, 1.807) is 7.11 Å². The summed E-state index contributed by atoms with van der Waals surface area (Å²) < 4.78 is 11.4. The smallest absolute Gasteiger partial charge is 0.217 e. The van der Waals surface area contributed by atoms with E-state index in [0.717, 1.165) is 36.0 Å². The highest BCUT2D eigenvalue weighted by molar-refractivity contribution is 5.97. The van der Waals surface area contributed by atoms with Crippen LogP contribution in [0, 0.1) is 0 Å². The molecule has 4 heteroatoms. The highest BCUT2D eigenvalue weighted by Gasteiger charge is 2.30. The second-order valence-electron chi connectivity index (χ2n) is 7.53. The van der Waals surface area contributed by atoms with Crippen LogP contribution in [0.5, 0.6) is 5.75 Å². The standard InChI is InChI=1S/C23H27NO3/c1-23(2)16-27-22(24-23)20-13-12-18(26-3)15-21(20)19(11-7-8-14-25)17-9-5-4-6-10-17/h4-6,9-10,12-15,19H,7-8,11,16H2,1-3H3. The number of aliphatic imine (C=N–C) groups is 1. The van der Waals surface area contributed by atoms with Crippen LogP contribution in [-0.2, 0) is 9.53 Å². The van der Waals surface area contributed by atoms with Crippen LogP contribution in [-0.4, -0.2) is 31.4 Å². The Morgan fingerprint density at radius 1 is 1.22 bits per heavy atom. The average Bonchev–Trinajstić information content (AvgIpc) is 3.05. The van der Waals surface area contributed by atoms with Gasteiger partial charge in [0.2, 0.25) is 5.90 Å². The minimum atomic E-state index is -0.216. The van der Waals surface area contributed by atoms with Gasteiger partial charge in [0.15, 0.2) is 0 Å². The van der Waals surface area contributed by atoms with Crippen molar-refractivity contribution in [3.8, 4) is 5.75 Å². The molecule has 1 unspecified atom stereocenters. The topological polar surface area (TPSA) is 47.9 Å². The second-order valence-corrected chi connectivity index (χ2v) is 7.53. The van der Waals surface area contributed by atoms with Crippen molar-refractivity contribution < 1.29 is 14.3 Å². The van der Waals surface area contributed by atoms with Crippen LogP contribution in [0.2, 0.25) is 0 Å². The maximum absolute atomic E-state index is 10.8. The lowest BCUT2D eigenvalue weighted by molar-refractivity contribution is -0.107. The summed E-state index contributed by atoms with van der Waals surface area (Å²) in [6.07, 6.45) is 3.26. The fourth-order valence-electron chi connectivity index (χ4n) is 3.47. The minimum absolute atomic E-state index is 0.145.